The van der Waals surface area contributed by atoms with Crippen LogP contribution in [0, 0.1) is 0 Å². The van der Waals surface area contributed by atoms with Gasteiger partial charge in [-0.05, 0) is 37.0 Å². The molecule has 0 aliphatic carbocycles. The van der Waals surface area contributed by atoms with Gasteiger partial charge in [0.1, 0.15) is 6.29 Å². The van der Waals surface area contributed by atoms with Crippen molar-refractivity contribution in [1.82, 2.24) is 0 Å². The van der Waals surface area contributed by atoms with Crippen LogP contribution >= 0.6 is 0 Å². The number of halogens is 3. The van der Waals surface area contributed by atoms with Gasteiger partial charge in [-0.1, -0.05) is 6.07 Å². The van der Waals surface area contributed by atoms with Crippen LogP contribution in [0.3, 0.4) is 0 Å². The van der Waals surface area contributed by atoms with Crippen molar-refractivity contribution in [2.24, 2.45) is 0 Å². The maximum atomic E-state index is 12.5. The molecule has 1 atom stereocenters. The van der Waals surface area contributed by atoms with Crippen LogP contribution in [-0.4, -0.2) is 19.2 Å². The number of benzene rings is 1. The Morgan fingerprint density at radius 2 is 2.15 bits per heavy atom. The standard InChI is InChI=1S/C14H15F3O3/c15-14(16,17)12-5-4-10(11(7-12)8-18)9-20-13-3-1-2-6-19-13/h4-5,7-8,13H,1-3,6,9H2. The predicted octanol–water partition coefficient (Wildman–Crippen LogP) is 3.56. The Morgan fingerprint density at radius 1 is 1.35 bits per heavy atom. The molecule has 3 nitrogen and oxygen atoms in total. The third-order valence-corrected chi connectivity index (χ3v) is 3.16. The lowest BCUT2D eigenvalue weighted by molar-refractivity contribution is -0.169. The second kappa shape index (κ2) is 6.37. The first-order chi connectivity index (χ1) is 9.50. The summed E-state index contributed by atoms with van der Waals surface area (Å²) in [6, 6.07) is 3.07. The fourth-order valence-electron chi connectivity index (χ4n) is 2.04. The van der Waals surface area contributed by atoms with Gasteiger partial charge < -0.3 is 9.47 Å². The van der Waals surface area contributed by atoms with Crippen LogP contribution in [0.1, 0.15) is 40.7 Å². The van der Waals surface area contributed by atoms with Crippen LogP contribution in [-0.2, 0) is 22.3 Å². The molecule has 0 N–H and O–H groups in total. The van der Waals surface area contributed by atoms with Gasteiger partial charge in [0.15, 0.2) is 6.29 Å². The Morgan fingerprint density at radius 3 is 2.75 bits per heavy atom. The first kappa shape index (κ1) is 15.0. The van der Waals surface area contributed by atoms with E-state index in [1.54, 1.807) is 0 Å². The first-order valence-corrected chi connectivity index (χ1v) is 6.39. The highest BCUT2D eigenvalue weighted by atomic mass is 19.4. The van der Waals surface area contributed by atoms with E-state index in [2.05, 4.69) is 0 Å². The molecule has 0 amide bonds. The van der Waals surface area contributed by atoms with Gasteiger partial charge in [-0.3, -0.25) is 4.79 Å². The lowest BCUT2D eigenvalue weighted by Crippen LogP contribution is -2.22. The van der Waals surface area contributed by atoms with E-state index in [1.165, 1.54) is 6.07 Å². The van der Waals surface area contributed by atoms with Crippen LogP contribution in [0.25, 0.3) is 0 Å². The van der Waals surface area contributed by atoms with Crippen LogP contribution in [0.4, 0.5) is 13.2 Å². The van der Waals surface area contributed by atoms with Gasteiger partial charge >= 0.3 is 6.18 Å². The topological polar surface area (TPSA) is 35.5 Å². The molecule has 0 saturated carbocycles. The number of aldehydes is 1. The number of rotatable bonds is 4. The molecule has 0 spiro atoms. The van der Waals surface area contributed by atoms with Crippen LogP contribution in [0.15, 0.2) is 18.2 Å². The maximum Gasteiger partial charge on any atom is 0.416 e. The number of ether oxygens (including phenoxy) is 2. The fourth-order valence-corrected chi connectivity index (χ4v) is 2.04. The molecule has 0 aromatic heterocycles. The molecule has 110 valence electrons. The van der Waals surface area contributed by atoms with E-state index in [0.29, 0.717) is 18.5 Å². The van der Waals surface area contributed by atoms with Crippen molar-refractivity contribution in [2.75, 3.05) is 6.61 Å². The summed E-state index contributed by atoms with van der Waals surface area (Å²) in [5, 5.41) is 0. The largest absolute Gasteiger partial charge is 0.416 e. The molecule has 1 aromatic rings. The van der Waals surface area contributed by atoms with E-state index in [4.69, 9.17) is 9.47 Å². The Kier molecular flexibility index (Phi) is 4.77. The summed E-state index contributed by atoms with van der Waals surface area (Å²) >= 11 is 0. The monoisotopic (exact) mass is 288 g/mol. The third kappa shape index (κ3) is 3.80. The minimum Gasteiger partial charge on any atom is -0.353 e. The fraction of sp³-hybridized carbons (Fsp3) is 0.500. The zero-order valence-corrected chi connectivity index (χ0v) is 10.8. The number of hydrogen-bond donors (Lipinski definition) is 0. The highest BCUT2D eigenvalue weighted by Gasteiger charge is 2.31. The summed E-state index contributed by atoms with van der Waals surface area (Å²) in [7, 11) is 0. The van der Waals surface area contributed by atoms with Crippen molar-refractivity contribution < 1.29 is 27.4 Å². The van der Waals surface area contributed by atoms with E-state index in [1.807, 2.05) is 0 Å². The zero-order valence-electron chi connectivity index (χ0n) is 10.8. The molecule has 2 rings (SSSR count). The zero-order chi connectivity index (χ0) is 14.6. The maximum absolute atomic E-state index is 12.5. The average Bonchev–Trinajstić information content (AvgIpc) is 2.45. The summed E-state index contributed by atoms with van der Waals surface area (Å²) in [5.41, 5.74) is -0.407. The summed E-state index contributed by atoms with van der Waals surface area (Å²) < 4.78 is 48.5. The lowest BCUT2D eigenvalue weighted by Gasteiger charge is -2.23. The first-order valence-electron chi connectivity index (χ1n) is 6.39. The van der Waals surface area contributed by atoms with Gasteiger partial charge in [-0.25, -0.2) is 0 Å². The Bertz CT molecular complexity index is 465. The van der Waals surface area contributed by atoms with Gasteiger partial charge in [0.2, 0.25) is 0 Å². The number of alkyl halides is 3. The molecule has 1 aromatic carbocycles. The van der Waals surface area contributed by atoms with Crippen molar-refractivity contribution in [3.8, 4) is 0 Å². The molecular weight excluding hydrogens is 273 g/mol. The second-order valence-electron chi connectivity index (χ2n) is 4.64. The van der Waals surface area contributed by atoms with Gasteiger partial charge in [0, 0.05) is 12.2 Å². The van der Waals surface area contributed by atoms with E-state index in [9.17, 15) is 18.0 Å². The highest BCUT2D eigenvalue weighted by molar-refractivity contribution is 5.77. The molecule has 20 heavy (non-hydrogen) atoms. The molecule has 1 unspecified atom stereocenters. The molecule has 6 heteroatoms. The quantitative estimate of drug-likeness (QED) is 0.795. The predicted molar refractivity (Wildman–Crippen MR) is 65.2 cm³/mol. The van der Waals surface area contributed by atoms with E-state index >= 15 is 0 Å². The summed E-state index contributed by atoms with van der Waals surface area (Å²) in [6.07, 6.45) is -1.64. The molecular formula is C14H15F3O3. The molecule has 0 bridgehead atoms. The molecule has 1 saturated heterocycles. The Labute approximate surface area is 114 Å². The van der Waals surface area contributed by atoms with Gasteiger partial charge in [-0.15, -0.1) is 0 Å². The average molecular weight is 288 g/mol. The SMILES string of the molecule is O=Cc1cc(C(F)(F)F)ccc1COC1CCCCO1. The van der Waals surface area contributed by atoms with Gasteiger partial charge in [0.25, 0.3) is 0 Å². The van der Waals surface area contributed by atoms with Crippen molar-refractivity contribution in [1.29, 1.82) is 0 Å². The van der Waals surface area contributed by atoms with Crippen molar-refractivity contribution in [3.63, 3.8) is 0 Å². The molecule has 1 aliphatic heterocycles. The molecule has 0 radical (unpaired) electrons. The lowest BCUT2D eigenvalue weighted by atomic mass is 10.1. The van der Waals surface area contributed by atoms with E-state index in [0.717, 1.165) is 31.4 Å². The minimum atomic E-state index is -4.45. The molecule has 1 aliphatic rings. The minimum absolute atomic E-state index is 0.00404. The van der Waals surface area contributed by atoms with E-state index in [-0.39, 0.29) is 18.5 Å². The van der Waals surface area contributed by atoms with Crippen LogP contribution in [0.5, 0.6) is 0 Å². The normalized spacial score (nSPS) is 19.9. The molecule has 1 fully saturated rings. The highest BCUT2D eigenvalue weighted by Crippen LogP contribution is 2.30. The van der Waals surface area contributed by atoms with Crippen molar-refractivity contribution >= 4 is 6.29 Å². The summed E-state index contributed by atoms with van der Waals surface area (Å²) in [4.78, 5) is 10.9. The van der Waals surface area contributed by atoms with Crippen molar-refractivity contribution in [2.45, 2.75) is 38.3 Å². The smallest absolute Gasteiger partial charge is 0.353 e. The number of hydrogen-bond acceptors (Lipinski definition) is 3. The third-order valence-electron chi connectivity index (χ3n) is 3.16. The molecule has 1 heterocycles. The van der Waals surface area contributed by atoms with Crippen LogP contribution < -0.4 is 0 Å². The van der Waals surface area contributed by atoms with Crippen LogP contribution in [0.2, 0.25) is 0 Å². The van der Waals surface area contributed by atoms with Gasteiger partial charge in [0.05, 0.1) is 12.2 Å². The Balaban J connectivity index is 2.05. The van der Waals surface area contributed by atoms with Gasteiger partial charge in [-0.2, -0.15) is 13.2 Å². The number of carbonyl (C=O) groups is 1. The van der Waals surface area contributed by atoms with E-state index < -0.39 is 11.7 Å². The summed E-state index contributed by atoms with van der Waals surface area (Å²) in [6.45, 7) is 0.690. The van der Waals surface area contributed by atoms with Crippen molar-refractivity contribution in [3.05, 3.63) is 34.9 Å². The Hall–Kier alpha value is -1.40. The summed E-state index contributed by atoms with van der Waals surface area (Å²) in [5.74, 6) is 0. The second-order valence-corrected chi connectivity index (χ2v) is 4.64. The number of carbonyl (C=O) groups excluding carboxylic acids is 1.